The number of carbonyl (C=O) groups is 2. The fraction of sp³-hybridized carbons (Fsp3) is 0.467. The third kappa shape index (κ3) is 14.3. The van der Waals surface area contributed by atoms with Crippen molar-refractivity contribution in [3.05, 3.63) is 179 Å². The molecule has 0 spiro atoms. The Balaban J connectivity index is 1.12. The molecule has 2 aliphatic carbocycles. The Labute approximate surface area is 434 Å². The van der Waals surface area contributed by atoms with Crippen molar-refractivity contribution in [1.82, 2.24) is 0 Å². The van der Waals surface area contributed by atoms with Crippen LogP contribution in [0.4, 0.5) is 0 Å². The fourth-order valence-electron chi connectivity index (χ4n) is 10.8. The highest BCUT2D eigenvalue weighted by atomic mass is 32.2. The summed E-state index contributed by atoms with van der Waals surface area (Å²) >= 11 is 1.65. The summed E-state index contributed by atoms with van der Waals surface area (Å²) in [6.07, 6.45) is 0.494. The van der Waals surface area contributed by atoms with Crippen molar-refractivity contribution in [3.63, 3.8) is 0 Å². The number of benzene rings is 5. The highest BCUT2D eigenvalue weighted by Crippen LogP contribution is 2.47. The van der Waals surface area contributed by atoms with Crippen LogP contribution in [-0.4, -0.2) is 101 Å². The number of aliphatic hydroxyl groups excluding tert-OH is 2. The average Bonchev–Trinajstić information content (AvgIpc) is 3.45. The lowest BCUT2D eigenvalue weighted by Gasteiger charge is -2.50. The van der Waals surface area contributed by atoms with Crippen molar-refractivity contribution >= 4 is 23.7 Å². The number of rotatable bonds is 21. The lowest BCUT2D eigenvalue weighted by atomic mass is 9.77. The van der Waals surface area contributed by atoms with Crippen LogP contribution in [0, 0.1) is 11.8 Å². The van der Waals surface area contributed by atoms with Gasteiger partial charge in [-0.3, -0.25) is 0 Å². The molecular weight excluding hydrogens is 945 g/mol. The Kier molecular flexibility index (Phi) is 19.6. The number of ether oxygens (including phenoxy) is 8. The second kappa shape index (κ2) is 27.0. The van der Waals surface area contributed by atoms with E-state index >= 15 is 0 Å². The van der Waals surface area contributed by atoms with Crippen molar-refractivity contribution in [2.75, 3.05) is 13.2 Å². The van der Waals surface area contributed by atoms with E-state index in [-0.39, 0.29) is 37.2 Å². The summed E-state index contributed by atoms with van der Waals surface area (Å²) in [5.41, 5.74) is 2.45. The summed E-state index contributed by atoms with van der Waals surface area (Å²) in [5.74, 6) is -0.451. The van der Waals surface area contributed by atoms with Gasteiger partial charge < -0.3 is 48.1 Å². The molecule has 0 bridgehead atoms. The van der Waals surface area contributed by atoms with Gasteiger partial charge in [0.25, 0.3) is 0 Å². The normalized spacial score (nSPS) is 27.1. The maximum Gasteiger partial charge on any atom is 0.338 e. The van der Waals surface area contributed by atoms with Crippen LogP contribution >= 0.6 is 11.8 Å². The number of esters is 2. The minimum absolute atomic E-state index is 0.00368. The highest BCUT2D eigenvalue weighted by molar-refractivity contribution is 8.00. The largest absolute Gasteiger partial charge is 0.452 e. The molecule has 13 heteroatoms. The molecule has 5 aromatic rings. The molecule has 2 N–H and O–H groups in total. The molecular formula is C60H70O12S. The van der Waals surface area contributed by atoms with Gasteiger partial charge in [-0.15, -0.1) is 11.8 Å². The van der Waals surface area contributed by atoms with E-state index in [2.05, 4.69) is 0 Å². The first-order chi connectivity index (χ1) is 35.9. The van der Waals surface area contributed by atoms with Crippen LogP contribution in [0.2, 0.25) is 0 Å². The number of hydrogen-bond donors (Lipinski definition) is 2. The van der Waals surface area contributed by atoms with E-state index in [9.17, 15) is 19.8 Å². The monoisotopic (exact) mass is 1010 g/mol. The quantitative estimate of drug-likeness (QED) is 0.0673. The van der Waals surface area contributed by atoms with E-state index in [0.717, 1.165) is 68.1 Å². The predicted octanol–water partition coefficient (Wildman–Crippen LogP) is 10.3. The third-order valence-corrected chi connectivity index (χ3v) is 16.4. The van der Waals surface area contributed by atoms with Gasteiger partial charge in [-0.05, 0) is 78.5 Å². The second-order valence-corrected chi connectivity index (χ2v) is 21.0. The first-order valence-corrected chi connectivity index (χ1v) is 27.2. The summed E-state index contributed by atoms with van der Waals surface area (Å²) in [4.78, 5) is 28.8. The Morgan fingerprint density at radius 3 is 1.47 bits per heavy atom. The Hall–Kier alpha value is -4.93. The van der Waals surface area contributed by atoms with Gasteiger partial charge in [0.2, 0.25) is 0 Å². The third-order valence-electron chi connectivity index (χ3n) is 14.7. The second-order valence-electron chi connectivity index (χ2n) is 19.8. The van der Waals surface area contributed by atoms with Crippen molar-refractivity contribution in [3.8, 4) is 0 Å². The molecule has 2 saturated carbocycles. The molecule has 10 atom stereocenters. The van der Waals surface area contributed by atoms with Crippen LogP contribution in [0.15, 0.2) is 152 Å². The maximum atomic E-state index is 14.4. The van der Waals surface area contributed by atoms with E-state index in [1.54, 1.807) is 60.3 Å². The molecule has 0 aromatic heterocycles. The van der Waals surface area contributed by atoms with Crippen molar-refractivity contribution in [2.45, 2.75) is 150 Å². The van der Waals surface area contributed by atoms with Gasteiger partial charge in [0.1, 0.15) is 42.1 Å². The van der Waals surface area contributed by atoms with Gasteiger partial charge in [-0.2, -0.15) is 0 Å². The number of aliphatic hydroxyl groups is 2. The molecule has 0 amide bonds. The standard InChI is InChI=1S/C60H70O12S/c61-36-48-50(62)52(55(71-58(64)47-34-20-7-21-35-47)60(69-48)73-56(44-28-14-4-15-29-44)45-30-16-5-17-31-45)72-59-54(70-57(63)46-32-18-6-19-33-46)53(67-39-43-26-12-3-13-27-43)51(66-38-42-24-10-2-11-25-42)49(68-59)40-65-37-41-22-8-1-9-23-41/h1-3,6-13,18-27,32-35,44-45,48-56,59-62H,4-5,14-17,28-31,36-40H2. The zero-order valence-corrected chi connectivity index (χ0v) is 42.2. The molecule has 388 valence electrons. The number of thioether (sulfide) groups is 1. The summed E-state index contributed by atoms with van der Waals surface area (Å²) in [6, 6.07) is 46.6. The molecule has 10 unspecified atom stereocenters. The van der Waals surface area contributed by atoms with E-state index in [0.29, 0.717) is 17.4 Å². The molecule has 9 rings (SSSR count). The van der Waals surface area contributed by atoms with E-state index < -0.39 is 79.1 Å². The molecule has 73 heavy (non-hydrogen) atoms. The number of carbonyl (C=O) groups excluding carboxylic acids is 2. The average molecular weight is 1020 g/mol. The van der Waals surface area contributed by atoms with Gasteiger partial charge in [0.15, 0.2) is 18.5 Å². The lowest BCUT2D eigenvalue weighted by Crippen LogP contribution is -2.66. The Bertz CT molecular complexity index is 2370. The summed E-state index contributed by atoms with van der Waals surface area (Å²) in [6.45, 7) is -0.00994. The smallest absolute Gasteiger partial charge is 0.338 e. The van der Waals surface area contributed by atoms with Crippen molar-refractivity contribution in [2.24, 2.45) is 11.8 Å². The van der Waals surface area contributed by atoms with E-state index in [1.807, 2.05) is 103 Å². The van der Waals surface area contributed by atoms with Gasteiger partial charge in [-0.25, -0.2) is 9.59 Å². The van der Waals surface area contributed by atoms with Crippen LogP contribution in [0.5, 0.6) is 0 Å². The van der Waals surface area contributed by atoms with Crippen LogP contribution in [-0.2, 0) is 57.7 Å². The molecule has 2 heterocycles. The van der Waals surface area contributed by atoms with E-state index in [4.69, 9.17) is 37.9 Å². The van der Waals surface area contributed by atoms with Crippen molar-refractivity contribution < 1.29 is 57.7 Å². The minimum atomic E-state index is -1.53. The number of hydrogen-bond acceptors (Lipinski definition) is 13. The van der Waals surface area contributed by atoms with Crippen LogP contribution < -0.4 is 0 Å². The molecule has 2 aliphatic heterocycles. The SMILES string of the molecule is O=C(OC1C(OC2C(O)C(CO)OC(SC(C3CCCCC3)C3CCCCC3)C2OC(=O)c2ccccc2)OC(COCc2ccccc2)C(OCc2ccccc2)C1OCc1ccccc1)c1ccccc1. The lowest BCUT2D eigenvalue weighted by molar-refractivity contribution is -0.346. The summed E-state index contributed by atoms with van der Waals surface area (Å²) in [7, 11) is 0. The molecule has 5 aromatic carbocycles. The Morgan fingerprint density at radius 1 is 0.521 bits per heavy atom. The van der Waals surface area contributed by atoms with Crippen LogP contribution in [0.1, 0.15) is 102 Å². The topological polar surface area (TPSA) is 148 Å². The Morgan fingerprint density at radius 2 is 0.973 bits per heavy atom. The van der Waals surface area contributed by atoms with Gasteiger partial charge in [-0.1, -0.05) is 166 Å². The summed E-state index contributed by atoms with van der Waals surface area (Å²) < 4.78 is 54.2. The molecule has 2 saturated heterocycles. The molecule has 0 radical (unpaired) electrons. The highest BCUT2D eigenvalue weighted by Gasteiger charge is 2.56. The predicted molar refractivity (Wildman–Crippen MR) is 277 cm³/mol. The van der Waals surface area contributed by atoms with Gasteiger partial charge in [0.05, 0.1) is 44.2 Å². The minimum Gasteiger partial charge on any atom is -0.452 e. The summed E-state index contributed by atoms with van der Waals surface area (Å²) in [5, 5.41) is 23.7. The van der Waals surface area contributed by atoms with Gasteiger partial charge in [0, 0.05) is 5.25 Å². The van der Waals surface area contributed by atoms with Crippen molar-refractivity contribution in [1.29, 1.82) is 0 Å². The maximum absolute atomic E-state index is 14.4. The van der Waals surface area contributed by atoms with Crippen LogP contribution in [0.3, 0.4) is 0 Å². The molecule has 4 aliphatic rings. The molecule has 4 fully saturated rings. The first-order valence-electron chi connectivity index (χ1n) is 26.3. The van der Waals surface area contributed by atoms with E-state index in [1.165, 1.54) is 12.8 Å². The van der Waals surface area contributed by atoms with Crippen LogP contribution in [0.25, 0.3) is 0 Å². The molecule has 12 nitrogen and oxygen atoms in total. The fourth-order valence-corrected chi connectivity index (χ4v) is 12.7. The zero-order valence-electron chi connectivity index (χ0n) is 41.4. The zero-order chi connectivity index (χ0) is 50.2. The van der Waals surface area contributed by atoms with Gasteiger partial charge >= 0.3 is 11.9 Å². The first kappa shape index (κ1) is 52.9.